The van der Waals surface area contributed by atoms with E-state index in [-0.39, 0.29) is 4.90 Å². The zero-order valence-electron chi connectivity index (χ0n) is 19.7. The predicted octanol–water partition coefficient (Wildman–Crippen LogP) is 1.71. The first kappa shape index (κ1) is 24.0. The predicted molar refractivity (Wildman–Crippen MR) is 141 cm³/mol. The van der Waals surface area contributed by atoms with Crippen molar-refractivity contribution in [3.8, 4) is 11.5 Å². The van der Waals surface area contributed by atoms with Crippen molar-refractivity contribution in [2.75, 3.05) is 50.6 Å². The highest BCUT2D eigenvalue weighted by Crippen LogP contribution is 2.37. The minimum absolute atomic E-state index is 0.0563. The molecular weight excluding hydrogens is 502 g/mol. The summed E-state index contributed by atoms with van der Waals surface area (Å²) in [7, 11) is -0.501. The summed E-state index contributed by atoms with van der Waals surface area (Å²) in [5, 5.41) is 10.9. The van der Waals surface area contributed by atoms with Crippen LogP contribution in [-0.4, -0.2) is 68.8 Å². The summed E-state index contributed by atoms with van der Waals surface area (Å²) in [6.45, 7) is 2.89. The van der Waals surface area contributed by atoms with Gasteiger partial charge in [-0.3, -0.25) is 4.90 Å². The number of H-pyrrole nitrogens is 2. The lowest BCUT2D eigenvalue weighted by molar-refractivity contribution is -0.367. The number of aromatic nitrogens is 3. The summed E-state index contributed by atoms with van der Waals surface area (Å²) in [5.41, 5.74) is 2.38. The van der Waals surface area contributed by atoms with E-state index >= 15 is 0 Å². The van der Waals surface area contributed by atoms with Gasteiger partial charge in [0.1, 0.15) is 5.39 Å². The molecule has 0 amide bonds. The van der Waals surface area contributed by atoms with Gasteiger partial charge in [0.25, 0.3) is 0 Å². The molecule has 4 aromatic rings. The van der Waals surface area contributed by atoms with E-state index < -0.39 is 10.0 Å². The van der Waals surface area contributed by atoms with Gasteiger partial charge < -0.3 is 24.7 Å². The van der Waals surface area contributed by atoms with Crippen LogP contribution in [0.1, 0.15) is 0 Å². The standard InChI is InChI=1S/C23H25N7O4S2/c1-33-18-11-16-17(12-19(18)34-2)28-21-20(16)22(26-13-25-21)29-7-9-30(10-8-29)23(35)27-14-3-5-15(6-4-14)36(24,31)32/h3-6,11-13H,7-10H2,1-2H3,(H,27,35)(H2,24,31,32)(H,25,26,28)/p+1. The Morgan fingerprint density at radius 3 is 2.42 bits per heavy atom. The number of nitrogens with two attached hydrogens (primary N) is 1. The molecule has 1 saturated heterocycles. The van der Waals surface area contributed by atoms with Gasteiger partial charge >= 0.3 is 0 Å². The van der Waals surface area contributed by atoms with Crippen molar-refractivity contribution in [1.82, 2.24) is 14.9 Å². The molecule has 2 aromatic heterocycles. The largest absolute Gasteiger partial charge is 0.493 e. The highest BCUT2D eigenvalue weighted by atomic mass is 32.2. The quantitative estimate of drug-likeness (QED) is 0.330. The van der Waals surface area contributed by atoms with Gasteiger partial charge in [0.15, 0.2) is 16.6 Å². The lowest BCUT2D eigenvalue weighted by atomic mass is 10.1. The lowest BCUT2D eigenvalue weighted by Crippen LogP contribution is -2.51. The van der Waals surface area contributed by atoms with Crippen molar-refractivity contribution in [1.29, 1.82) is 0 Å². The van der Waals surface area contributed by atoms with Gasteiger partial charge in [0.2, 0.25) is 27.8 Å². The molecule has 0 radical (unpaired) electrons. The number of hydrogen-bond donors (Lipinski definition) is 3. The molecule has 1 aliphatic heterocycles. The number of ether oxygens (including phenoxy) is 2. The van der Waals surface area contributed by atoms with Crippen LogP contribution in [0.25, 0.3) is 21.9 Å². The summed E-state index contributed by atoms with van der Waals surface area (Å²) >= 11 is 5.60. The van der Waals surface area contributed by atoms with Crippen molar-refractivity contribution >= 4 is 60.8 Å². The Balaban J connectivity index is 1.33. The minimum atomic E-state index is -3.73. The molecule has 0 unspecified atom stereocenters. The summed E-state index contributed by atoms with van der Waals surface area (Å²) in [6.07, 6.45) is 1.69. The van der Waals surface area contributed by atoms with Crippen LogP contribution < -0.4 is 29.8 Å². The SMILES string of the molecule is COc1cc2[nH]c3nc[nH+]c(N4CCN(C(=S)Nc5ccc(S(N)(=O)=O)cc5)CC4)c3c2cc1OC. The summed E-state index contributed by atoms with van der Waals surface area (Å²) in [4.78, 5) is 15.6. The van der Waals surface area contributed by atoms with Crippen molar-refractivity contribution in [3.63, 3.8) is 0 Å². The number of rotatable bonds is 5. The van der Waals surface area contributed by atoms with Crippen LogP contribution in [0.3, 0.4) is 0 Å². The first-order chi connectivity index (χ1) is 17.3. The van der Waals surface area contributed by atoms with Crippen LogP contribution in [0, 0.1) is 0 Å². The van der Waals surface area contributed by atoms with Crippen LogP contribution in [-0.2, 0) is 10.0 Å². The molecule has 0 aliphatic carbocycles. The molecule has 0 saturated carbocycles. The molecule has 1 fully saturated rings. The Morgan fingerprint density at radius 2 is 1.78 bits per heavy atom. The zero-order valence-corrected chi connectivity index (χ0v) is 21.4. The Morgan fingerprint density at radius 1 is 1.11 bits per heavy atom. The zero-order chi connectivity index (χ0) is 25.4. The fourth-order valence-corrected chi connectivity index (χ4v) is 5.20. The molecule has 36 heavy (non-hydrogen) atoms. The van der Waals surface area contributed by atoms with E-state index in [1.165, 1.54) is 12.1 Å². The number of anilines is 2. The van der Waals surface area contributed by atoms with Gasteiger partial charge in [-0.25, -0.2) is 18.5 Å². The van der Waals surface area contributed by atoms with E-state index in [0.717, 1.165) is 40.8 Å². The summed E-state index contributed by atoms with van der Waals surface area (Å²) < 4.78 is 33.9. The Hall–Kier alpha value is -3.68. The van der Waals surface area contributed by atoms with Crippen molar-refractivity contribution in [2.24, 2.45) is 5.14 Å². The molecule has 13 heteroatoms. The maximum Gasteiger partial charge on any atom is 0.238 e. The normalized spacial score (nSPS) is 14.3. The average molecular weight is 529 g/mol. The number of primary sulfonamides is 1. The van der Waals surface area contributed by atoms with E-state index in [0.29, 0.717) is 35.4 Å². The van der Waals surface area contributed by atoms with Crippen LogP contribution in [0.2, 0.25) is 0 Å². The Labute approximate surface area is 213 Å². The number of piperazine rings is 1. The second kappa shape index (κ2) is 9.41. The summed E-state index contributed by atoms with van der Waals surface area (Å²) in [6, 6.07) is 10.1. The number of benzene rings is 2. The molecule has 0 bridgehead atoms. The fraction of sp³-hybridized carbons (Fsp3) is 0.261. The number of methoxy groups -OCH3 is 2. The average Bonchev–Trinajstić information content (AvgIpc) is 3.25. The maximum atomic E-state index is 11.5. The Kier molecular flexibility index (Phi) is 6.28. The van der Waals surface area contributed by atoms with Crippen LogP contribution in [0.5, 0.6) is 11.5 Å². The minimum Gasteiger partial charge on any atom is -0.493 e. The third-order valence-electron chi connectivity index (χ3n) is 6.23. The highest BCUT2D eigenvalue weighted by molar-refractivity contribution is 7.89. The van der Waals surface area contributed by atoms with Crippen molar-refractivity contribution < 1.29 is 22.9 Å². The second-order valence-electron chi connectivity index (χ2n) is 8.33. The third-order valence-corrected chi connectivity index (χ3v) is 7.52. The van der Waals surface area contributed by atoms with Gasteiger partial charge in [-0.2, -0.15) is 0 Å². The number of sulfonamides is 1. The fourth-order valence-electron chi connectivity index (χ4n) is 4.39. The van der Waals surface area contributed by atoms with E-state index in [4.69, 9.17) is 26.8 Å². The van der Waals surface area contributed by atoms with E-state index in [9.17, 15) is 8.42 Å². The van der Waals surface area contributed by atoms with Crippen LogP contribution in [0.15, 0.2) is 47.6 Å². The molecule has 0 spiro atoms. The van der Waals surface area contributed by atoms with Crippen LogP contribution >= 0.6 is 12.2 Å². The number of fused-ring (bicyclic) bond motifs is 3. The molecule has 188 valence electrons. The molecule has 2 aromatic carbocycles. The molecule has 1 aliphatic rings. The van der Waals surface area contributed by atoms with Crippen molar-refractivity contribution in [3.05, 3.63) is 42.7 Å². The summed E-state index contributed by atoms with van der Waals surface area (Å²) in [5.74, 6) is 2.27. The topological polar surface area (TPSA) is 140 Å². The maximum absolute atomic E-state index is 11.5. The first-order valence-corrected chi connectivity index (χ1v) is 13.1. The van der Waals surface area contributed by atoms with E-state index in [2.05, 4.69) is 30.1 Å². The molecule has 0 atom stereocenters. The van der Waals surface area contributed by atoms with Gasteiger partial charge in [-0.1, -0.05) is 4.98 Å². The van der Waals surface area contributed by atoms with Gasteiger partial charge in [-0.15, -0.1) is 0 Å². The van der Waals surface area contributed by atoms with Crippen LogP contribution in [0.4, 0.5) is 11.5 Å². The molecule has 3 heterocycles. The lowest BCUT2D eigenvalue weighted by Gasteiger charge is -2.34. The van der Waals surface area contributed by atoms with E-state index in [1.807, 2.05) is 12.1 Å². The molecule has 11 nitrogen and oxygen atoms in total. The number of aromatic amines is 2. The third kappa shape index (κ3) is 4.47. The number of thiocarbonyl (C=S) groups is 1. The van der Waals surface area contributed by atoms with Gasteiger partial charge in [-0.05, 0) is 42.5 Å². The smallest absolute Gasteiger partial charge is 0.238 e. The number of nitrogens with one attached hydrogen (secondary N) is 3. The Bertz CT molecular complexity index is 1550. The molecule has 5 N–H and O–H groups in total. The van der Waals surface area contributed by atoms with Gasteiger partial charge in [0, 0.05) is 17.1 Å². The molecule has 5 rings (SSSR count). The first-order valence-electron chi connectivity index (χ1n) is 11.2. The number of nitrogens with zero attached hydrogens (tertiary/aromatic N) is 3. The van der Waals surface area contributed by atoms with Crippen molar-refractivity contribution in [2.45, 2.75) is 4.90 Å². The van der Waals surface area contributed by atoms with E-state index in [1.54, 1.807) is 32.7 Å². The number of hydrogen-bond acceptors (Lipinski definition) is 7. The highest BCUT2D eigenvalue weighted by Gasteiger charge is 2.27. The van der Waals surface area contributed by atoms with Gasteiger partial charge in [0.05, 0.1) is 50.8 Å². The molecular formula is C23H26N7O4S2+. The monoisotopic (exact) mass is 528 g/mol. The second-order valence-corrected chi connectivity index (χ2v) is 10.3.